The first kappa shape index (κ1) is 20.9. The normalized spacial score (nSPS) is 10.3. The van der Waals surface area contributed by atoms with E-state index in [1.165, 1.54) is 7.11 Å². The number of methoxy groups -OCH3 is 2. The van der Waals surface area contributed by atoms with Crippen molar-refractivity contribution >= 4 is 27.5 Å². The second-order valence-electron chi connectivity index (χ2n) is 5.59. The van der Waals surface area contributed by atoms with E-state index in [9.17, 15) is 4.79 Å². The van der Waals surface area contributed by atoms with Gasteiger partial charge in [0.05, 0.1) is 37.6 Å². The van der Waals surface area contributed by atoms with Gasteiger partial charge in [0.25, 0.3) is 5.91 Å². The van der Waals surface area contributed by atoms with E-state index in [0.717, 1.165) is 6.42 Å². The zero-order valence-corrected chi connectivity index (χ0v) is 17.5. The van der Waals surface area contributed by atoms with Crippen LogP contribution in [-0.4, -0.2) is 33.3 Å². The van der Waals surface area contributed by atoms with Crippen LogP contribution in [0.15, 0.2) is 34.8 Å². The molecule has 0 aliphatic heterocycles. The Kier molecular flexibility index (Phi) is 7.79. The fourth-order valence-electron chi connectivity index (χ4n) is 2.40. The van der Waals surface area contributed by atoms with Gasteiger partial charge in [-0.25, -0.2) is 0 Å². The molecule has 27 heavy (non-hydrogen) atoms. The lowest BCUT2D eigenvalue weighted by atomic mass is 10.1. The quantitative estimate of drug-likeness (QED) is 0.603. The summed E-state index contributed by atoms with van der Waals surface area (Å²) in [5.41, 5.74) is 0.982. The average molecular weight is 438 g/mol. The molecule has 0 radical (unpaired) electrons. The summed E-state index contributed by atoms with van der Waals surface area (Å²) in [6.45, 7) is 4.93. The molecule has 0 atom stereocenters. The molecule has 0 saturated carbocycles. The molecule has 7 heteroatoms. The molecule has 2 rings (SSSR count). The zero-order chi connectivity index (χ0) is 19.8. The third-order valence-corrected chi connectivity index (χ3v) is 4.27. The Morgan fingerprint density at radius 2 is 1.81 bits per heavy atom. The van der Waals surface area contributed by atoms with Gasteiger partial charge in [-0.3, -0.25) is 4.79 Å². The van der Waals surface area contributed by atoms with Gasteiger partial charge in [0.1, 0.15) is 11.5 Å². The Morgan fingerprint density at radius 1 is 1.04 bits per heavy atom. The second-order valence-corrected chi connectivity index (χ2v) is 6.44. The molecule has 0 saturated heterocycles. The van der Waals surface area contributed by atoms with Crippen molar-refractivity contribution in [3.63, 3.8) is 0 Å². The van der Waals surface area contributed by atoms with Gasteiger partial charge in [-0.2, -0.15) is 0 Å². The van der Waals surface area contributed by atoms with Crippen molar-refractivity contribution in [1.82, 2.24) is 0 Å². The van der Waals surface area contributed by atoms with E-state index in [0.29, 0.717) is 51.9 Å². The lowest BCUT2D eigenvalue weighted by Crippen LogP contribution is -2.13. The monoisotopic (exact) mass is 437 g/mol. The summed E-state index contributed by atoms with van der Waals surface area (Å²) >= 11 is 3.47. The number of halogens is 1. The van der Waals surface area contributed by atoms with Crippen LogP contribution in [0.3, 0.4) is 0 Å². The SMILES string of the molecule is CCCOc1c(Br)cc(C(=O)Nc2ccc(OC)cc2OC)cc1OCC. The summed E-state index contributed by atoms with van der Waals surface area (Å²) in [4.78, 5) is 12.8. The minimum Gasteiger partial charge on any atom is -0.497 e. The highest BCUT2D eigenvalue weighted by Gasteiger charge is 2.17. The minimum absolute atomic E-state index is 0.290. The third kappa shape index (κ3) is 5.29. The molecule has 2 aromatic carbocycles. The third-order valence-electron chi connectivity index (χ3n) is 3.68. The lowest BCUT2D eigenvalue weighted by molar-refractivity contribution is 0.102. The maximum absolute atomic E-state index is 12.8. The van der Waals surface area contributed by atoms with Crippen molar-refractivity contribution in [2.45, 2.75) is 20.3 Å². The summed E-state index contributed by atoms with van der Waals surface area (Å²) in [6.07, 6.45) is 0.873. The molecule has 146 valence electrons. The van der Waals surface area contributed by atoms with Gasteiger partial charge in [-0.15, -0.1) is 0 Å². The smallest absolute Gasteiger partial charge is 0.255 e. The fraction of sp³-hybridized carbons (Fsp3) is 0.350. The number of hydrogen-bond donors (Lipinski definition) is 1. The fourth-order valence-corrected chi connectivity index (χ4v) is 2.96. The zero-order valence-electron chi connectivity index (χ0n) is 15.9. The maximum Gasteiger partial charge on any atom is 0.255 e. The molecule has 0 fully saturated rings. The van der Waals surface area contributed by atoms with E-state index >= 15 is 0 Å². The Labute approximate surface area is 167 Å². The first-order valence-corrected chi connectivity index (χ1v) is 9.45. The van der Waals surface area contributed by atoms with Crippen LogP contribution in [0.1, 0.15) is 30.6 Å². The number of carbonyl (C=O) groups excluding carboxylic acids is 1. The van der Waals surface area contributed by atoms with Crippen LogP contribution < -0.4 is 24.3 Å². The number of rotatable bonds is 9. The summed E-state index contributed by atoms with van der Waals surface area (Å²) in [7, 11) is 3.11. The Hall–Kier alpha value is -2.41. The summed E-state index contributed by atoms with van der Waals surface area (Å²) < 4.78 is 22.6. The largest absolute Gasteiger partial charge is 0.497 e. The highest BCUT2D eigenvalue weighted by molar-refractivity contribution is 9.10. The van der Waals surface area contributed by atoms with Crippen LogP contribution in [0.2, 0.25) is 0 Å². The molecule has 0 aromatic heterocycles. The highest BCUT2D eigenvalue weighted by atomic mass is 79.9. The van der Waals surface area contributed by atoms with Crippen LogP contribution >= 0.6 is 15.9 Å². The van der Waals surface area contributed by atoms with Crippen molar-refractivity contribution in [1.29, 1.82) is 0 Å². The van der Waals surface area contributed by atoms with Crippen LogP contribution in [0, 0.1) is 0 Å². The second kappa shape index (κ2) is 10.1. The average Bonchev–Trinajstić information content (AvgIpc) is 2.67. The number of benzene rings is 2. The van der Waals surface area contributed by atoms with Crippen LogP contribution in [0.25, 0.3) is 0 Å². The van der Waals surface area contributed by atoms with Gasteiger partial charge in [0.15, 0.2) is 11.5 Å². The number of nitrogens with one attached hydrogen (secondary N) is 1. The molecule has 6 nitrogen and oxygen atoms in total. The van der Waals surface area contributed by atoms with Crippen molar-refractivity contribution in [2.24, 2.45) is 0 Å². The van der Waals surface area contributed by atoms with Gasteiger partial charge >= 0.3 is 0 Å². The Balaban J connectivity index is 2.30. The standard InChI is InChI=1S/C20H24BrNO5/c1-5-9-27-19-15(21)10-13(11-18(19)26-6-2)20(23)22-16-8-7-14(24-3)12-17(16)25-4/h7-8,10-12H,5-6,9H2,1-4H3,(H,22,23). The van der Waals surface area contributed by atoms with Crippen molar-refractivity contribution in [3.8, 4) is 23.0 Å². The molecule has 0 aliphatic rings. The van der Waals surface area contributed by atoms with Crippen LogP contribution in [0.5, 0.6) is 23.0 Å². The summed E-state index contributed by atoms with van der Waals surface area (Å²) in [5, 5.41) is 2.85. The van der Waals surface area contributed by atoms with E-state index < -0.39 is 0 Å². The molecule has 0 aliphatic carbocycles. The number of amides is 1. The van der Waals surface area contributed by atoms with Gasteiger partial charge < -0.3 is 24.3 Å². The van der Waals surface area contributed by atoms with Crippen molar-refractivity contribution in [2.75, 3.05) is 32.8 Å². The first-order valence-electron chi connectivity index (χ1n) is 8.66. The van der Waals surface area contributed by atoms with Gasteiger partial charge in [0.2, 0.25) is 0 Å². The molecule has 0 unspecified atom stereocenters. The number of ether oxygens (including phenoxy) is 4. The molecule has 0 spiro atoms. The molecule has 0 heterocycles. The number of carbonyl (C=O) groups is 1. The van der Waals surface area contributed by atoms with Gasteiger partial charge in [-0.1, -0.05) is 6.92 Å². The number of anilines is 1. The maximum atomic E-state index is 12.8. The van der Waals surface area contributed by atoms with Crippen molar-refractivity contribution in [3.05, 3.63) is 40.4 Å². The molecular formula is C20H24BrNO5. The Morgan fingerprint density at radius 3 is 2.44 bits per heavy atom. The van der Waals surface area contributed by atoms with E-state index in [1.54, 1.807) is 37.4 Å². The number of hydrogen-bond acceptors (Lipinski definition) is 5. The van der Waals surface area contributed by atoms with Crippen LogP contribution in [0.4, 0.5) is 5.69 Å². The Bertz CT molecular complexity index is 794. The molecule has 2 aromatic rings. The minimum atomic E-state index is -0.290. The predicted molar refractivity (Wildman–Crippen MR) is 109 cm³/mol. The van der Waals surface area contributed by atoms with Crippen LogP contribution in [-0.2, 0) is 0 Å². The van der Waals surface area contributed by atoms with E-state index in [2.05, 4.69) is 21.2 Å². The highest BCUT2D eigenvalue weighted by Crippen LogP contribution is 2.37. The van der Waals surface area contributed by atoms with E-state index in [4.69, 9.17) is 18.9 Å². The summed E-state index contributed by atoms with van der Waals surface area (Å²) in [5.74, 6) is 1.98. The summed E-state index contributed by atoms with van der Waals surface area (Å²) in [6, 6.07) is 8.57. The van der Waals surface area contributed by atoms with E-state index in [1.807, 2.05) is 13.8 Å². The molecule has 1 N–H and O–H groups in total. The first-order chi connectivity index (χ1) is 13.0. The molecule has 0 bridgehead atoms. The van der Waals surface area contributed by atoms with E-state index in [-0.39, 0.29) is 5.91 Å². The molecule has 1 amide bonds. The van der Waals surface area contributed by atoms with Gasteiger partial charge in [0, 0.05) is 11.6 Å². The lowest BCUT2D eigenvalue weighted by Gasteiger charge is -2.16. The van der Waals surface area contributed by atoms with Crippen molar-refractivity contribution < 1.29 is 23.7 Å². The van der Waals surface area contributed by atoms with Gasteiger partial charge in [-0.05, 0) is 53.5 Å². The predicted octanol–water partition coefficient (Wildman–Crippen LogP) is 4.91. The molecular weight excluding hydrogens is 414 g/mol. The topological polar surface area (TPSA) is 66.0 Å².